The maximum atomic E-state index is 10.2. The highest BCUT2D eigenvalue weighted by Gasteiger charge is 2.27. The molecule has 0 rings (SSSR count). The van der Waals surface area contributed by atoms with E-state index in [-0.39, 0.29) is 0 Å². The van der Waals surface area contributed by atoms with Gasteiger partial charge in [-0.1, -0.05) is 0 Å². The molecule has 0 saturated heterocycles. The van der Waals surface area contributed by atoms with E-state index < -0.39 is 45.1 Å². The molecule has 0 radical (unpaired) electrons. The number of rotatable bonds is 7. The molecule has 0 saturated carbocycles. The number of hydrogen-bond acceptors (Lipinski definition) is 6. The molecule has 0 amide bonds. The van der Waals surface area contributed by atoms with Gasteiger partial charge in [0.15, 0.2) is 6.10 Å². The van der Waals surface area contributed by atoms with Crippen LogP contribution in [0.3, 0.4) is 0 Å². The fourth-order valence-corrected chi connectivity index (χ4v) is 1.19. The molecule has 3 atom stereocenters. The minimum Gasteiger partial charge on any atom is -0.479 e. The molecule has 0 aromatic rings. The Bertz CT molecular complexity index is 273. The Morgan fingerprint density at radius 1 is 1.25 bits per heavy atom. The van der Waals surface area contributed by atoms with Crippen molar-refractivity contribution in [3.05, 3.63) is 0 Å². The molecule has 0 bridgehead atoms. The van der Waals surface area contributed by atoms with Gasteiger partial charge < -0.3 is 30.2 Å². The summed E-state index contributed by atoms with van der Waals surface area (Å²) in [5, 5.41) is 35.2. The first-order chi connectivity index (χ1) is 7.13. The first-order valence-corrected chi connectivity index (χ1v) is 5.63. The highest BCUT2D eigenvalue weighted by Crippen LogP contribution is 2.35. The minimum absolute atomic E-state index is 0.590. The summed E-state index contributed by atoms with van der Waals surface area (Å²) in [5.41, 5.74) is 0. The largest absolute Gasteiger partial charge is 0.479 e. The Hall–Kier alpha value is -0.540. The van der Waals surface area contributed by atoms with E-state index in [0.29, 0.717) is 0 Å². The van der Waals surface area contributed by atoms with Crippen molar-refractivity contribution in [2.75, 3.05) is 6.61 Å². The van der Waals surface area contributed by atoms with E-state index in [1.54, 1.807) is 0 Å². The molecular weight excluding hydrogens is 247 g/mol. The average molecular weight is 260 g/mol. The first kappa shape index (κ1) is 15.5. The van der Waals surface area contributed by atoms with E-state index in [0.717, 1.165) is 0 Å². The molecule has 0 spiro atoms. The highest BCUT2D eigenvalue weighted by molar-refractivity contribution is 7.46. The number of carboxylic acids is 1. The normalized spacial score (nSPS) is 17.8. The topological polar surface area (TPSA) is 165 Å². The Labute approximate surface area is 90.2 Å². The van der Waals surface area contributed by atoms with Crippen LogP contribution < -0.4 is 0 Å². The maximum absolute atomic E-state index is 10.2. The summed E-state index contributed by atoms with van der Waals surface area (Å²) in [6.45, 7) is -0.784. The summed E-state index contributed by atoms with van der Waals surface area (Å²) < 4.78 is 14.1. The zero-order chi connectivity index (χ0) is 12.9. The molecule has 0 aliphatic carbocycles. The van der Waals surface area contributed by atoms with Gasteiger partial charge in [-0.15, -0.1) is 0 Å². The molecule has 0 aliphatic rings. The van der Waals surface area contributed by atoms with Gasteiger partial charge in [-0.3, -0.25) is 4.52 Å². The van der Waals surface area contributed by atoms with Crippen molar-refractivity contribution in [2.24, 2.45) is 0 Å². The summed E-state index contributed by atoms with van der Waals surface area (Å²) in [6.07, 6.45) is -5.93. The molecule has 96 valence electrons. The second kappa shape index (κ2) is 6.26. The van der Waals surface area contributed by atoms with E-state index in [1.807, 2.05) is 0 Å². The molecule has 6 N–H and O–H groups in total. The lowest BCUT2D eigenvalue weighted by Crippen LogP contribution is -2.37. The van der Waals surface area contributed by atoms with Crippen molar-refractivity contribution >= 4 is 13.8 Å². The van der Waals surface area contributed by atoms with Crippen LogP contribution in [0.15, 0.2) is 0 Å². The molecule has 16 heavy (non-hydrogen) atoms. The number of aliphatic hydroxyl groups excluding tert-OH is 3. The van der Waals surface area contributed by atoms with Crippen molar-refractivity contribution in [1.29, 1.82) is 0 Å². The number of phosphoric ester groups is 1. The second-order valence-electron chi connectivity index (χ2n) is 3.03. The van der Waals surface area contributed by atoms with Crippen LogP contribution in [0.4, 0.5) is 0 Å². The van der Waals surface area contributed by atoms with Crippen LogP contribution in [0.25, 0.3) is 0 Å². The fraction of sp³-hybridized carbons (Fsp3) is 0.833. The van der Waals surface area contributed by atoms with Crippen LogP contribution in [0, 0.1) is 0 Å². The van der Waals surface area contributed by atoms with E-state index in [1.165, 1.54) is 0 Å². The lowest BCUT2D eigenvalue weighted by Gasteiger charge is -2.17. The van der Waals surface area contributed by atoms with Crippen molar-refractivity contribution in [2.45, 2.75) is 24.7 Å². The second-order valence-corrected chi connectivity index (χ2v) is 4.27. The number of carbonyl (C=O) groups is 1. The van der Waals surface area contributed by atoms with Gasteiger partial charge in [-0.2, -0.15) is 0 Å². The van der Waals surface area contributed by atoms with Gasteiger partial charge in [-0.05, 0) is 0 Å². The number of carboxylic acid groups (broad SMARTS) is 1. The Morgan fingerprint density at radius 2 is 1.75 bits per heavy atom. The SMILES string of the molecule is O=C(O)[C@H](O)[C@@H](O)C[C@H](O)COP(=O)(O)O. The van der Waals surface area contributed by atoms with Gasteiger partial charge in [0.25, 0.3) is 0 Å². The smallest absolute Gasteiger partial charge is 0.469 e. The van der Waals surface area contributed by atoms with Crippen LogP contribution in [0.5, 0.6) is 0 Å². The van der Waals surface area contributed by atoms with Gasteiger partial charge in [-0.25, -0.2) is 9.36 Å². The van der Waals surface area contributed by atoms with Crippen LogP contribution in [0.1, 0.15) is 6.42 Å². The maximum Gasteiger partial charge on any atom is 0.469 e. The Balaban J connectivity index is 4.00. The van der Waals surface area contributed by atoms with E-state index >= 15 is 0 Å². The summed E-state index contributed by atoms with van der Waals surface area (Å²) in [7, 11) is -4.73. The molecule has 0 aromatic heterocycles. The quantitative estimate of drug-likeness (QED) is 0.275. The average Bonchev–Trinajstić information content (AvgIpc) is 2.12. The van der Waals surface area contributed by atoms with E-state index in [4.69, 9.17) is 30.2 Å². The lowest BCUT2D eigenvalue weighted by atomic mass is 10.1. The summed E-state index contributed by atoms with van der Waals surface area (Å²) in [4.78, 5) is 26.7. The number of aliphatic hydroxyl groups is 3. The predicted octanol–water partition coefficient (Wildman–Crippen LogP) is -2.35. The fourth-order valence-electron chi connectivity index (χ4n) is 0.823. The van der Waals surface area contributed by atoms with Gasteiger partial charge in [0.2, 0.25) is 0 Å². The summed E-state index contributed by atoms with van der Waals surface area (Å²) >= 11 is 0. The Morgan fingerprint density at radius 3 is 2.12 bits per heavy atom. The molecule has 10 heteroatoms. The third kappa shape index (κ3) is 6.85. The van der Waals surface area contributed by atoms with Gasteiger partial charge in [0.05, 0.1) is 18.8 Å². The van der Waals surface area contributed by atoms with Crippen molar-refractivity contribution < 1.29 is 44.1 Å². The molecule has 0 fully saturated rings. The Kier molecular flexibility index (Phi) is 6.05. The van der Waals surface area contributed by atoms with Crippen molar-refractivity contribution in [1.82, 2.24) is 0 Å². The lowest BCUT2D eigenvalue weighted by molar-refractivity contribution is -0.154. The number of hydrogen-bond donors (Lipinski definition) is 6. The summed E-state index contributed by atoms with van der Waals surface area (Å²) in [6, 6.07) is 0. The predicted molar refractivity (Wildman–Crippen MR) is 48.3 cm³/mol. The standard InChI is InChI=1S/C6H13O9P/c7-3(2-15-16(12,13)14)1-4(8)5(9)6(10)11/h3-5,7-9H,1-2H2,(H,10,11)(H2,12,13,14)/t3-,4-,5+/m0/s1. The molecule has 0 heterocycles. The zero-order valence-corrected chi connectivity index (χ0v) is 8.90. The van der Waals surface area contributed by atoms with Crippen LogP contribution >= 0.6 is 7.82 Å². The van der Waals surface area contributed by atoms with Crippen molar-refractivity contribution in [3.63, 3.8) is 0 Å². The first-order valence-electron chi connectivity index (χ1n) is 4.10. The minimum atomic E-state index is -4.73. The number of aliphatic carboxylic acids is 1. The molecule has 0 aromatic carbocycles. The molecule has 9 nitrogen and oxygen atoms in total. The zero-order valence-electron chi connectivity index (χ0n) is 8.00. The summed E-state index contributed by atoms with van der Waals surface area (Å²) in [5.74, 6) is -1.67. The molecule has 0 unspecified atom stereocenters. The molecule has 0 aliphatic heterocycles. The third-order valence-electron chi connectivity index (χ3n) is 1.57. The van der Waals surface area contributed by atoms with Gasteiger partial charge >= 0.3 is 13.8 Å². The molecular formula is C6H13O9P. The van der Waals surface area contributed by atoms with E-state index in [2.05, 4.69) is 4.52 Å². The van der Waals surface area contributed by atoms with Gasteiger partial charge in [0.1, 0.15) is 0 Å². The van der Waals surface area contributed by atoms with Crippen molar-refractivity contribution in [3.8, 4) is 0 Å². The third-order valence-corrected chi connectivity index (χ3v) is 2.05. The van der Waals surface area contributed by atoms with Crippen LogP contribution in [-0.4, -0.2) is 61.1 Å². The monoisotopic (exact) mass is 260 g/mol. The van der Waals surface area contributed by atoms with Crippen LogP contribution in [0.2, 0.25) is 0 Å². The number of phosphoric acid groups is 1. The van der Waals surface area contributed by atoms with Crippen LogP contribution in [-0.2, 0) is 13.9 Å². The van der Waals surface area contributed by atoms with Gasteiger partial charge in [0, 0.05) is 6.42 Å². The highest BCUT2D eigenvalue weighted by atomic mass is 31.2. The van der Waals surface area contributed by atoms with E-state index in [9.17, 15) is 9.36 Å².